The Balaban J connectivity index is 1.52. The van der Waals surface area contributed by atoms with E-state index >= 15 is 0 Å². The first-order valence-corrected chi connectivity index (χ1v) is 13.6. The van der Waals surface area contributed by atoms with Crippen molar-refractivity contribution in [2.24, 2.45) is 0 Å². The molecule has 0 aliphatic carbocycles. The first-order chi connectivity index (χ1) is 17.9. The Hall–Kier alpha value is -4.00. The Labute approximate surface area is 218 Å². The summed E-state index contributed by atoms with van der Waals surface area (Å²) in [5.41, 5.74) is 4.16. The average Bonchev–Trinajstić information content (AvgIpc) is 3.35. The van der Waals surface area contributed by atoms with E-state index in [9.17, 15) is 13.2 Å². The van der Waals surface area contributed by atoms with Crippen molar-refractivity contribution in [1.82, 2.24) is 4.31 Å². The quantitative estimate of drug-likeness (QED) is 0.282. The van der Waals surface area contributed by atoms with Crippen LogP contribution in [-0.2, 0) is 14.8 Å². The second-order valence-electron chi connectivity index (χ2n) is 9.14. The third kappa shape index (κ3) is 5.26. The molecule has 0 saturated carbocycles. The number of anilines is 2. The molecule has 1 aliphatic rings. The van der Waals surface area contributed by atoms with Crippen molar-refractivity contribution in [2.45, 2.75) is 24.3 Å². The van der Waals surface area contributed by atoms with Gasteiger partial charge in [0.15, 0.2) is 0 Å². The summed E-state index contributed by atoms with van der Waals surface area (Å²) >= 11 is 0. The van der Waals surface area contributed by atoms with E-state index in [0.29, 0.717) is 6.42 Å². The van der Waals surface area contributed by atoms with E-state index in [1.807, 2.05) is 97.9 Å². The Morgan fingerprint density at radius 2 is 1.30 bits per heavy atom. The van der Waals surface area contributed by atoms with Gasteiger partial charge < -0.3 is 0 Å². The van der Waals surface area contributed by atoms with Gasteiger partial charge in [0.05, 0.1) is 10.9 Å². The minimum Gasteiger partial charge on any atom is -0.278 e. The molecule has 1 heterocycles. The minimum atomic E-state index is -3.78. The predicted octanol–water partition coefficient (Wildman–Crippen LogP) is 6.42. The third-order valence-electron chi connectivity index (χ3n) is 6.55. The molecule has 186 valence electrons. The number of amides is 1. The maximum absolute atomic E-state index is 13.7. The molecule has 6 heteroatoms. The van der Waals surface area contributed by atoms with Crippen molar-refractivity contribution < 1.29 is 13.2 Å². The molecule has 1 amide bonds. The van der Waals surface area contributed by atoms with Crippen LogP contribution < -0.4 is 4.90 Å². The van der Waals surface area contributed by atoms with Crippen molar-refractivity contribution >= 4 is 27.3 Å². The molecule has 1 aliphatic heterocycles. The van der Waals surface area contributed by atoms with Gasteiger partial charge in [0.2, 0.25) is 10.0 Å². The molecule has 0 N–H and O–H groups in total. The van der Waals surface area contributed by atoms with Crippen LogP contribution in [0, 0.1) is 6.92 Å². The Kier molecular flexibility index (Phi) is 7.04. The number of rotatable bonds is 6. The highest BCUT2D eigenvalue weighted by atomic mass is 32.2. The van der Waals surface area contributed by atoms with Crippen LogP contribution in [0.1, 0.15) is 23.6 Å². The summed E-state index contributed by atoms with van der Waals surface area (Å²) in [6, 6.07) is 35.0. The van der Waals surface area contributed by atoms with Crippen LogP contribution in [0.4, 0.5) is 11.4 Å². The van der Waals surface area contributed by atoms with Gasteiger partial charge in [-0.25, -0.2) is 8.42 Å². The van der Waals surface area contributed by atoms with Crippen LogP contribution in [-0.4, -0.2) is 25.2 Å². The molecular weight excluding hydrogens is 480 g/mol. The number of benzene rings is 4. The number of nitrogens with zero attached hydrogens (tertiary/aromatic N) is 2. The number of para-hydroxylation sites is 2. The minimum absolute atomic E-state index is 0.152. The lowest BCUT2D eigenvalue weighted by Crippen LogP contribution is -2.31. The monoisotopic (exact) mass is 508 g/mol. The van der Waals surface area contributed by atoms with Crippen molar-refractivity contribution in [3.63, 3.8) is 0 Å². The van der Waals surface area contributed by atoms with Crippen molar-refractivity contribution in [3.8, 4) is 0 Å². The number of sulfonamides is 1. The van der Waals surface area contributed by atoms with Gasteiger partial charge in [-0.3, -0.25) is 9.69 Å². The van der Waals surface area contributed by atoms with E-state index in [-0.39, 0.29) is 17.3 Å². The van der Waals surface area contributed by atoms with Crippen LogP contribution in [0.15, 0.2) is 132 Å². The molecular formula is C31H28N2O3S. The summed E-state index contributed by atoms with van der Waals surface area (Å²) in [6.07, 6.45) is 2.04. The molecule has 1 fully saturated rings. The average molecular weight is 509 g/mol. The molecule has 0 radical (unpaired) electrons. The second kappa shape index (κ2) is 10.5. The largest absolute Gasteiger partial charge is 0.278 e. The van der Waals surface area contributed by atoms with E-state index in [1.165, 1.54) is 4.31 Å². The van der Waals surface area contributed by atoms with Crippen LogP contribution in [0.25, 0.3) is 0 Å². The molecule has 0 bridgehead atoms. The first kappa shape index (κ1) is 24.7. The summed E-state index contributed by atoms with van der Waals surface area (Å²) in [5, 5.41) is 0. The topological polar surface area (TPSA) is 57.7 Å². The van der Waals surface area contributed by atoms with Gasteiger partial charge in [0, 0.05) is 24.0 Å². The van der Waals surface area contributed by atoms with Crippen molar-refractivity contribution in [1.29, 1.82) is 0 Å². The molecule has 4 aromatic carbocycles. The Morgan fingerprint density at radius 1 is 0.784 bits per heavy atom. The molecule has 5 nitrogen and oxygen atoms in total. The summed E-state index contributed by atoms with van der Waals surface area (Å²) in [4.78, 5) is 15.6. The first-order valence-electron chi connectivity index (χ1n) is 12.2. The van der Waals surface area contributed by atoms with Gasteiger partial charge in [-0.1, -0.05) is 84.4 Å². The standard InChI is InChI=1S/C31H28N2O3S/c1-24-17-19-29(20-18-24)37(35,36)32-23-25(21-30(32)26-11-5-2-6-12-26)22-31(34)33(27-13-7-3-8-14-27)28-15-9-4-10-16-28/h2-20,22,30H,21,23H2,1H3/b25-22-. The second-order valence-corrected chi connectivity index (χ2v) is 11.0. The summed E-state index contributed by atoms with van der Waals surface area (Å²) in [6.45, 7) is 2.08. The van der Waals surface area contributed by atoms with E-state index in [4.69, 9.17) is 0 Å². The number of carbonyl (C=O) groups is 1. The summed E-state index contributed by atoms with van der Waals surface area (Å²) in [5.74, 6) is -0.214. The summed E-state index contributed by atoms with van der Waals surface area (Å²) < 4.78 is 29.0. The Bertz CT molecular complexity index is 1460. The molecule has 1 saturated heterocycles. The zero-order valence-electron chi connectivity index (χ0n) is 20.6. The van der Waals surface area contributed by atoms with Crippen LogP contribution in [0.5, 0.6) is 0 Å². The lowest BCUT2D eigenvalue weighted by Gasteiger charge is -2.24. The predicted molar refractivity (Wildman–Crippen MR) is 147 cm³/mol. The van der Waals surface area contributed by atoms with E-state index in [0.717, 1.165) is 28.1 Å². The SMILES string of the molecule is Cc1ccc(S(=O)(=O)N2C/C(=C\C(=O)N(c3ccccc3)c3ccccc3)CC2c2ccccc2)cc1. The fourth-order valence-electron chi connectivity index (χ4n) is 4.68. The van der Waals surface area contributed by atoms with Gasteiger partial charge in [0.1, 0.15) is 0 Å². The Morgan fingerprint density at radius 3 is 1.84 bits per heavy atom. The highest BCUT2D eigenvalue weighted by Gasteiger charge is 2.39. The van der Waals surface area contributed by atoms with E-state index < -0.39 is 16.1 Å². The van der Waals surface area contributed by atoms with Gasteiger partial charge in [-0.15, -0.1) is 0 Å². The van der Waals surface area contributed by atoms with Crippen molar-refractivity contribution in [2.75, 3.05) is 11.4 Å². The number of hydrogen-bond donors (Lipinski definition) is 0. The van der Waals surface area contributed by atoms with Crippen LogP contribution >= 0.6 is 0 Å². The van der Waals surface area contributed by atoms with E-state index in [2.05, 4.69) is 0 Å². The van der Waals surface area contributed by atoms with Crippen molar-refractivity contribution in [3.05, 3.63) is 138 Å². The number of aryl methyl sites for hydroxylation is 1. The van der Waals surface area contributed by atoms with Crippen LogP contribution in [0.3, 0.4) is 0 Å². The summed E-state index contributed by atoms with van der Waals surface area (Å²) in [7, 11) is -3.78. The smallest absolute Gasteiger partial charge is 0.255 e. The zero-order valence-corrected chi connectivity index (χ0v) is 21.4. The number of carbonyl (C=O) groups excluding carboxylic acids is 1. The maximum atomic E-state index is 13.7. The normalized spacial score (nSPS) is 17.1. The fraction of sp³-hybridized carbons (Fsp3) is 0.129. The highest BCUT2D eigenvalue weighted by molar-refractivity contribution is 7.89. The van der Waals surface area contributed by atoms with Gasteiger partial charge in [-0.05, 0) is 60.9 Å². The molecule has 4 aromatic rings. The fourth-order valence-corrected chi connectivity index (χ4v) is 6.30. The molecule has 37 heavy (non-hydrogen) atoms. The lowest BCUT2D eigenvalue weighted by molar-refractivity contribution is -0.113. The molecule has 1 unspecified atom stereocenters. The number of hydrogen-bond acceptors (Lipinski definition) is 3. The molecule has 0 spiro atoms. The van der Waals surface area contributed by atoms with Gasteiger partial charge in [-0.2, -0.15) is 4.31 Å². The van der Waals surface area contributed by atoms with Crippen LogP contribution in [0.2, 0.25) is 0 Å². The zero-order chi connectivity index (χ0) is 25.8. The molecule has 1 atom stereocenters. The van der Waals surface area contributed by atoms with Gasteiger partial charge in [0.25, 0.3) is 5.91 Å². The van der Waals surface area contributed by atoms with E-state index in [1.54, 1.807) is 35.2 Å². The maximum Gasteiger partial charge on any atom is 0.255 e. The molecule has 5 rings (SSSR count). The third-order valence-corrected chi connectivity index (χ3v) is 8.42. The lowest BCUT2D eigenvalue weighted by atomic mass is 10.0. The molecule has 0 aromatic heterocycles. The highest BCUT2D eigenvalue weighted by Crippen LogP contribution is 2.39. The van der Waals surface area contributed by atoms with Gasteiger partial charge >= 0.3 is 0 Å².